The Balaban J connectivity index is 1.02. The molecule has 1 aromatic heterocycles. The fraction of sp³-hybridized carbons (Fsp3) is 0.786. The number of anilines is 1. The van der Waals surface area contributed by atoms with Gasteiger partial charge in [0.1, 0.15) is 5.82 Å². The molecule has 4 heterocycles. The number of nitrogens with zero attached hydrogens (tertiary/aromatic N) is 4. The third kappa shape index (κ3) is 4.42. The van der Waals surface area contributed by atoms with E-state index in [1.165, 1.54) is 90.1 Å². The lowest BCUT2D eigenvalue weighted by atomic mass is 9.70. The van der Waals surface area contributed by atoms with E-state index in [0.717, 1.165) is 49.4 Å². The van der Waals surface area contributed by atoms with Crippen LogP contribution in [0.1, 0.15) is 93.8 Å². The van der Waals surface area contributed by atoms with Crippen molar-refractivity contribution >= 4 is 11.7 Å². The van der Waals surface area contributed by atoms with Gasteiger partial charge in [-0.15, -0.1) is 0 Å². The molecule has 5 heteroatoms. The number of pyridine rings is 1. The van der Waals surface area contributed by atoms with Gasteiger partial charge in [-0.2, -0.15) is 0 Å². The highest BCUT2D eigenvalue weighted by Crippen LogP contribution is 2.43. The zero-order chi connectivity index (χ0) is 22.3. The van der Waals surface area contributed by atoms with E-state index in [2.05, 4.69) is 20.8 Å². The molecule has 0 radical (unpaired) electrons. The van der Waals surface area contributed by atoms with Crippen molar-refractivity contribution in [1.29, 1.82) is 0 Å². The number of hydrogen-bond donors (Lipinski definition) is 0. The maximum atomic E-state index is 13.2. The molecule has 5 aliphatic rings. The summed E-state index contributed by atoms with van der Waals surface area (Å²) in [6.07, 6.45) is 19.2. The van der Waals surface area contributed by atoms with Crippen LogP contribution >= 0.6 is 0 Å². The van der Waals surface area contributed by atoms with Gasteiger partial charge in [-0.25, -0.2) is 4.98 Å². The normalized spacial score (nSPS) is 28.7. The predicted molar refractivity (Wildman–Crippen MR) is 133 cm³/mol. The molecule has 1 amide bonds. The smallest absolute Gasteiger partial charge is 0.255 e. The van der Waals surface area contributed by atoms with Crippen LogP contribution in [0.15, 0.2) is 18.3 Å². The summed E-state index contributed by atoms with van der Waals surface area (Å²) in [5.74, 6) is 2.11. The van der Waals surface area contributed by atoms with Crippen LogP contribution in [-0.4, -0.2) is 65.5 Å². The minimum atomic E-state index is 0.201. The third-order valence-corrected chi connectivity index (χ3v) is 10.1. The fourth-order valence-electron chi connectivity index (χ4n) is 7.15. The Morgan fingerprint density at radius 3 is 2.21 bits per heavy atom. The lowest BCUT2D eigenvalue weighted by Crippen LogP contribution is -2.51. The van der Waals surface area contributed by atoms with Crippen molar-refractivity contribution in [3.8, 4) is 0 Å². The van der Waals surface area contributed by atoms with Crippen LogP contribution in [0.5, 0.6) is 0 Å². The van der Waals surface area contributed by atoms with Crippen LogP contribution in [0.25, 0.3) is 0 Å². The number of carbonyl (C=O) groups is 1. The Morgan fingerprint density at radius 1 is 0.879 bits per heavy atom. The summed E-state index contributed by atoms with van der Waals surface area (Å²) in [7, 11) is 0. The van der Waals surface area contributed by atoms with Crippen LogP contribution in [-0.2, 0) is 0 Å². The van der Waals surface area contributed by atoms with Crippen molar-refractivity contribution in [2.24, 2.45) is 11.3 Å². The molecule has 5 nitrogen and oxygen atoms in total. The third-order valence-electron chi connectivity index (χ3n) is 10.1. The Bertz CT molecular complexity index is 813. The first kappa shape index (κ1) is 21.9. The maximum Gasteiger partial charge on any atom is 0.255 e. The molecular weight excluding hydrogens is 408 g/mol. The predicted octanol–water partition coefficient (Wildman–Crippen LogP) is 5.11. The van der Waals surface area contributed by atoms with Gasteiger partial charge in [0.2, 0.25) is 0 Å². The van der Waals surface area contributed by atoms with Crippen LogP contribution in [0.2, 0.25) is 0 Å². The molecule has 33 heavy (non-hydrogen) atoms. The van der Waals surface area contributed by atoms with Crippen molar-refractivity contribution in [2.45, 2.75) is 95.6 Å². The molecule has 3 saturated heterocycles. The monoisotopic (exact) mass is 450 g/mol. The molecule has 180 valence electrons. The molecule has 0 N–H and O–H groups in total. The maximum absolute atomic E-state index is 13.2. The number of aromatic nitrogens is 1. The van der Waals surface area contributed by atoms with Crippen LogP contribution in [0.4, 0.5) is 5.82 Å². The zero-order valence-corrected chi connectivity index (χ0v) is 20.4. The molecule has 0 bridgehead atoms. The second-order valence-electron chi connectivity index (χ2n) is 11.8. The van der Waals surface area contributed by atoms with E-state index in [9.17, 15) is 4.79 Å². The molecule has 1 atom stereocenters. The first-order chi connectivity index (χ1) is 16.2. The summed E-state index contributed by atoms with van der Waals surface area (Å²) in [5, 5.41) is 0. The lowest BCUT2D eigenvalue weighted by molar-refractivity contribution is 0.0305. The van der Waals surface area contributed by atoms with Gasteiger partial charge in [0.25, 0.3) is 5.91 Å². The van der Waals surface area contributed by atoms with Gasteiger partial charge in [0.15, 0.2) is 0 Å². The molecule has 0 aromatic carbocycles. The van der Waals surface area contributed by atoms with Crippen LogP contribution in [0.3, 0.4) is 0 Å². The SMILES string of the molecule is O=C(c1ccc(N2CCC3(CC2)CCN(C2CCC2)CC3)nc1)N1CCCC1CC1CCC1. The largest absolute Gasteiger partial charge is 0.357 e. The molecule has 2 aliphatic carbocycles. The average Bonchev–Trinajstić information content (AvgIpc) is 3.25. The van der Waals surface area contributed by atoms with E-state index in [4.69, 9.17) is 4.98 Å². The van der Waals surface area contributed by atoms with E-state index < -0.39 is 0 Å². The summed E-state index contributed by atoms with van der Waals surface area (Å²) in [6, 6.07) is 5.49. The van der Waals surface area contributed by atoms with Crippen molar-refractivity contribution < 1.29 is 4.79 Å². The number of amides is 1. The standard InChI is InChI=1S/C28H42N4O/c33-27(32-15-3-8-25(32)20-22-4-1-5-22)23-9-10-26(29-21-23)31-18-13-28(14-19-31)11-16-30(17-12-28)24-6-2-7-24/h9-10,21-22,24-25H,1-8,11-20H2. The first-order valence-electron chi connectivity index (χ1n) is 14.0. The second kappa shape index (κ2) is 9.20. The number of rotatable bonds is 5. The van der Waals surface area contributed by atoms with Crippen LogP contribution in [0, 0.1) is 11.3 Å². The first-order valence-corrected chi connectivity index (χ1v) is 14.0. The molecule has 2 saturated carbocycles. The van der Waals surface area contributed by atoms with Crippen molar-refractivity contribution in [1.82, 2.24) is 14.8 Å². The highest BCUT2D eigenvalue weighted by atomic mass is 16.2. The Labute approximate surface area is 199 Å². The average molecular weight is 451 g/mol. The Morgan fingerprint density at radius 2 is 1.61 bits per heavy atom. The molecule has 6 rings (SSSR count). The Kier molecular flexibility index (Phi) is 6.10. The van der Waals surface area contributed by atoms with Gasteiger partial charge in [0, 0.05) is 37.9 Å². The van der Waals surface area contributed by atoms with Crippen molar-refractivity contribution in [3.05, 3.63) is 23.9 Å². The number of likely N-dealkylation sites (tertiary alicyclic amines) is 2. The minimum Gasteiger partial charge on any atom is -0.357 e. The zero-order valence-electron chi connectivity index (χ0n) is 20.4. The van der Waals surface area contributed by atoms with Gasteiger partial charge < -0.3 is 14.7 Å². The molecule has 1 unspecified atom stereocenters. The van der Waals surface area contributed by atoms with Gasteiger partial charge in [0.05, 0.1) is 5.56 Å². The van der Waals surface area contributed by atoms with Crippen molar-refractivity contribution in [2.75, 3.05) is 37.6 Å². The number of carbonyl (C=O) groups excluding carboxylic acids is 1. The van der Waals surface area contributed by atoms with Crippen molar-refractivity contribution in [3.63, 3.8) is 0 Å². The fourth-order valence-corrected chi connectivity index (χ4v) is 7.15. The van der Waals surface area contributed by atoms with E-state index in [-0.39, 0.29) is 5.91 Å². The van der Waals surface area contributed by atoms with Gasteiger partial charge in [-0.3, -0.25) is 4.79 Å². The Hall–Kier alpha value is -1.62. The minimum absolute atomic E-state index is 0.201. The van der Waals surface area contributed by atoms with E-state index in [0.29, 0.717) is 11.5 Å². The summed E-state index contributed by atoms with van der Waals surface area (Å²) >= 11 is 0. The molecule has 3 aliphatic heterocycles. The van der Waals surface area contributed by atoms with E-state index in [1.807, 2.05) is 12.3 Å². The summed E-state index contributed by atoms with van der Waals surface area (Å²) < 4.78 is 0. The highest BCUT2D eigenvalue weighted by Gasteiger charge is 2.40. The lowest BCUT2D eigenvalue weighted by Gasteiger charge is -2.50. The van der Waals surface area contributed by atoms with E-state index in [1.54, 1.807) is 0 Å². The number of piperidine rings is 2. The summed E-state index contributed by atoms with van der Waals surface area (Å²) in [4.78, 5) is 25.3. The van der Waals surface area contributed by atoms with Gasteiger partial charge in [-0.05, 0) is 94.3 Å². The van der Waals surface area contributed by atoms with E-state index >= 15 is 0 Å². The summed E-state index contributed by atoms with van der Waals surface area (Å²) in [6.45, 7) is 5.78. The topological polar surface area (TPSA) is 39.7 Å². The molecule has 5 fully saturated rings. The summed E-state index contributed by atoms with van der Waals surface area (Å²) in [5.41, 5.74) is 1.34. The number of hydrogen-bond acceptors (Lipinski definition) is 4. The molecular formula is C28H42N4O. The quantitative estimate of drug-likeness (QED) is 0.625. The van der Waals surface area contributed by atoms with Gasteiger partial charge in [-0.1, -0.05) is 25.7 Å². The molecule has 1 spiro atoms. The highest BCUT2D eigenvalue weighted by molar-refractivity contribution is 5.94. The molecule has 1 aromatic rings. The second-order valence-corrected chi connectivity index (χ2v) is 11.8. The van der Waals surface area contributed by atoms with Gasteiger partial charge >= 0.3 is 0 Å². The van der Waals surface area contributed by atoms with Crippen LogP contribution < -0.4 is 4.90 Å².